The van der Waals surface area contributed by atoms with Gasteiger partial charge in [-0.1, -0.05) is 91.5 Å². The number of aryl methyl sites for hydroxylation is 4. The molecule has 0 bridgehead atoms. The predicted molar refractivity (Wildman–Crippen MR) is 159 cm³/mol. The number of hydrogen-bond donors (Lipinski definition) is 1. The summed E-state index contributed by atoms with van der Waals surface area (Å²) >= 11 is 0. The van der Waals surface area contributed by atoms with Gasteiger partial charge in [0.05, 0.1) is 6.26 Å². The predicted octanol–water partition coefficient (Wildman–Crippen LogP) is 8.61. The monoisotopic (exact) mass is 520 g/mol. The van der Waals surface area contributed by atoms with Crippen molar-refractivity contribution in [3.05, 3.63) is 149 Å². The van der Waals surface area contributed by atoms with Gasteiger partial charge in [0.25, 0.3) is 0 Å². The average molecular weight is 521 g/mol. The van der Waals surface area contributed by atoms with Crippen LogP contribution in [-0.2, 0) is 19.4 Å². The highest BCUT2D eigenvalue weighted by molar-refractivity contribution is 5.92. The molecular formula is C35H36O4. The molecule has 0 aliphatic carbocycles. The molecule has 0 radical (unpaired) electrons. The van der Waals surface area contributed by atoms with Gasteiger partial charge < -0.3 is 14.6 Å². The molecule has 4 aromatic rings. The number of ether oxygens (including phenoxy) is 2. The van der Waals surface area contributed by atoms with Crippen LogP contribution in [0.15, 0.2) is 110 Å². The van der Waals surface area contributed by atoms with Crippen molar-refractivity contribution in [1.29, 1.82) is 0 Å². The standard InChI is InChI=1S/C25H24O4.C10H12/c1-3-28-22-11-7-10-21(15-22)17-29-23-16-20(14-18(2)24(23)25(26)27)13-12-19-8-5-4-6-9-19;1-3-6-10-8-5-4-7-9(10)2/h3-11,14-16H,1,12-13,17H2,2H3,(H,26,27);3-8H,1-2H3/b;6-3-. The maximum absolute atomic E-state index is 11.8. The molecule has 0 unspecified atom stereocenters. The highest BCUT2D eigenvalue weighted by Crippen LogP contribution is 2.27. The van der Waals surface area contributed by atoms with Crippen molar-refractivity contribution in [2.75, 3.05) is 0 Å². The summed E-state index contributed by atoms with van der Waals surface area (Å²) in [6.45, 7) is 9.76. The lowest BCUT2D eigenvalue weighted by Gasteiger charge is -2.14. The summed E-state index contributed by atoms with van der Waals surface area (Å²) in [6.07, 6.45) is 7.23. The van der Waals surface area contributed by atoms with Crippen molar-refractivity contribution < 1.29 is 19.4 Å². The lowest BCUT2D eigenvalue weighted by Crippen LogP contribution is -2.07. The molecule has 0 spiro atoms. The van der Waals surface area contributed by atoms with Crippen LogP contribution in [-0.4, -0.2) is 11.1 Å². The lowest BCUT2D eigenvalue weighted by atomic mass is 9.99. The van der Waals surface area contributed by atoms with E-state index >= 15 is 0 Å². The first-order chi connectivity index (χ1) is 18.9. The number of aromatic carboxylic acids is 1. The van der Waals surface area contributed by atoms with E-state index in [2.05, 4.69) is 62.1 Å². The Morgan fingerprint density at radius 3 is 2.21 bits per heavy atom. The van der Waals surface area contributed by atoms with Crippen LogP contribution in [0.2, 0.25) is 0 Å². The van der Waals surface area contributed by atoms with Gasteiger partial charge in [-0.2, -0.15) is 0 Å². The highest BCUT2D eigenvalue weighted by Gasteiger charge is 2.16. The summed E-state index contributed by atoms with van der Waals surface area (Å²) in [6, 6.07) is 29.8. The van der Waals surface area contributed by atoms with Crippen LogP contribution in [0.5, 0.6) is 11.5 Å². The molecule has 0 heterocycles. The molecule has 4 aromatic carbocycles. The Labute approximate surface area is 231 Å². The van der Waals surface area contributed by atoms with Gasteiger partial charge in [0, 0.05) is 0 Å². The van der Waals surface area contributed by atoms with Gasteiger partial charge in [0.2, 0.25) is 0 Å². The first-order valence-corrected chi connectivity index (χ1v) is 13.0. The quantitative estimate of drug-likeness (QED) is 0.213. The highest BCUT2D eigenvalue weighted by atomic mass is 16.5. The SMILES string of the molecule is C/C=C\c1ccccc1C.C=COc1cccc(COc2cc(CCc3ccccc3)cc(C)c2C(=O)O)c1. The van der Waals surface area contributed by atoms with Crippen molar-refractivity contribution in [2.24, 2.45) is 0 Å². The van der Waals surface area contributed by atoms with E-state index in [-0.39, 0.29) is 12.2 Å². The van der Waals surface area contributed by atoms with E-state index < -0.39 is 5.97 Å². The summed E-state index contributed by atoms with van der Waals surface area (Å²) in [5.41, 5.74) is 6.72. The fourth-order valence-corrected chi connectivity index (χ4v) is 4.21. The van der Waals surface area contributed by atoms with Crippen LogP contribution in [0, 0.1) is 13.8 Å². The number of hydrogen-bond acceptors (Lipinski definition) is 3. The molecule has 0 aromatic heterocycles. The van der Waals surface area contributed by atoms with Crippen LogP contribution in [0.3, 0.4) is 0 Å². The van der Waals surface area contributed by atoms with E-state index in [0.29, 0.717) is 17.1 Å². The van der Waals surface area contributed by atoms with Crippen molar-refractivity contribution in [2.45, 2.75) is 40.2 Å². The fraction of sp³-hybridized carbons (Fsp3) is 0.171. The molecule has 4 rings (SSSR count). The normalized spacial score (nSPS) is 10.4. The third kappa shape index (κ3) is 9.04. The van der Waals surface area contributed by atoms with Crippen LogP contribution < -0.4 is 9.47 Å². The molecule has 0 atom stereocenters. The molecule has 39 heavy (non-hydrogen) atoms. The largest absolute Gasteiger partial charge is 0.488 e. The van der Waals surface area contributed by atoms with Gasteiger partial charge in [-0.05, 0) is 85.2 Å². The van der Waals surface area contributed by atoms with Gasteiger partial charge in [-0.3, -0.25) is 0 Å². The average Bonchev–Trinajstić information content (AvgIpc) is 2.93. The summed E-state index contributed by atoms with van der Waals surface area (Å²) in [7, 11) is 0. The number of carboxylic acid groups (broad SMARTS) is 1. The van der Waals surface area contributed by atoms with E-state index in [4.69, 9.17) is 9.47 Å². The summed E-state index contributed by atoms with van der Waals surface area (Å²) < 4.78 is 11.2. The first kappa shape index (κ1) is 29.0. The molecule has 0 aliphatic rings. The molecule has 0 aliphatic heterocycles. The Hall–Kier alpha value is -4.57. The number of rotatable bonds is 10. The molecule has 0 saturated carbocycles. The maximum atomic E-state index is 11.8. The maximum Gasteiger partial charge on any atom is 0.339 e. The van der Waals surface area contributed by atoms with E-state index in [1.165, 1.54) is 23.0 Å². The molecule has 4 heteroatoms. The van der Waals surface area contributed by atoms with Crippen molar-refractivity contribution >= 4 is 12.0 Å². The summed E-state index contributed by atoms with van der Waals surface area (Å²) in [4.78, 5) is 11.8. The summed E-state index contributed by atoms with van der Waals surface area (Å²) in [5, 5.41) is 9.65. The molecule has 200 valence electrons. The van der Waals surface area contributed by atoms with Crippen molar-refractivity contribution in [1.82, 2.24) is 0 Å². The molecule has 0 saturated heterocycles. The van der Waals surface area contributed by atoms with Crippen LogP contribution in [0.25, 0.3) is 6.08 Å². The van der Waals surface area contributed by atoms with Gasteiger partial charge >= 0.3 is 5.97 Å². The minimum Gasteiger partial charge on any atom is -0.488 e. The number of carbonyl (C=O) groups is 1. The van der Waals surface area contributed by atoms with Crippen molar-refractivity contribution in [3.63, 3.8) is 0 Å². The molecule has 4 nitrogen and oxygen atoms in total. The zero-order chi connectivity index (χ0) is 28.0. The second-order valence-electron chi connectivity index (χ2n) is 9.15. The van der Waals surface area contributed by atoms with Gasteiger partial charge in [-0.25, -0.2) is 4.79 Å². The van der Waals surface area contributed by atoms with Crippen molar-refractivity contribution in [3.8, 4) is 11.5 Å². The van der Waals surface area contributed by atoms with Crippen LogP contribution >= 0.6 is 0 Å². The molecule has 1 N–H and O–H groups in total. The zero-order valence-electron chi connectivity index (χ0n) is 22.9. The molecular weight excluding hydrogens is 484 g/mol. The van der Waals surface area contributed by atoms with Crippen LogP contribution in [0.4, 0.5) is 0 Å². The Morgan fingerprint density at radius 1 is 0.821 bits per heavy atom. The van der Waals surface area contributed by atoms with Gasteiger partial charge in [0.1, 0.15) is 23.7 Å². The van der Waals surface area contributed by atoms with E-state index in [9.17, 15) is 9.90 Å². The Bertz CT molecular complexity index is 1400. The topological polar surface area (TPSA) is 55.8 Å². The van der Waals surface area contributed by atoms with E-state index in [1.807, 2.05) is 61.5 Å². The van der Waals surface area contributed by atoms with Crippen LogP contribution in [0.1, 0.15) is 50.7 Å². The first-order valence-electron chi connectivity index (χ1n) is 13.0. The Balaban J connectivity index is 0.000000353. The second-order valence-corrected chi connectivity index (χ2v) is 9.15. The summed E-state index contributed by atoms with van der Waals surface area (Å²) in [5.74, 6) is 0.0544. The van der Waals surface area contributed by atoms with E-state index in [0.717, 1.165) is 24.0 Å². The zero-order valence-corrected chi connectivity index (χ0v) is 22.9. The fourth-order valence-electron chi connectivity index (χ4n) is 4.21. The Morgan fingerprint density at radius 2 is 1.51 bits per heavy atom. The molecule has 0 amide bonds. The van der Waals surface area contributed by atoms with E-state index in [1.54, 1.807) is 6.92 Å². The number of allylic oxidation sites excluding steroid dienone is 1. The lowest BCUT2D eigenvalue weighted by molar-refractivity contribution is 0.0691. The second kappa shape index (κ2) is 15.0. The molecule has 0 fully saturated rings. The third-order valence-corrected chi connectivity index (χ3v) is 6.17. The minimum absolute atomic E-state index is 0.201. The number of carboxylic acids is 1. The minimum atomic E-state index is -0.990. The third-order valence-electron chi connectivity index (χ3n) is 6.17. The smallest absolute Gasteiger partial charge is 0.339 e. The van der Waals surface area contributed by atoms with Gasteiger partial charge in [-0.15, -0.1) is 0 Å². The van der Waals surface area contributed by atoms with Gasteiger partial charge in [0.15, 0.2) is 0 Å². The Kier molecular flexibility index (Phi) is 11.1. The number of benzene rings is 4.